The molecule has 1 aromatic carbocycles. The van der Waals surface area contributed by atoms with E-state index in [1.165, 1.54) is 0 Å². The number of anilines is 2. The summed E-state index contributed by atoms with van der Waals surface area (Å²) in [5.74, 6) is 3.74. The SMILES string of the molecule is CNCc1nc(N2CCC(CN3CCN(c4ccc(C)c(N=C(C)N(O)C(CCC=O)C(=C=O)NC)c4)CC3)CC2)ccc1C=O. The van der Waals surface area contributed by atoms with Crippen LogP contribution in [0.4, 0.5) is 17.2 Å². The van der Waals surface area contributed by atoms with Crippen molar-refractivity contribution in [2.75, 3.05) is 69.7 Å². The number of nitrogens with zero attached hydrogens (tertiary/aromatic N) is 6. The summed E-state index contributed by atoms with van der Waals surface area (Å²) < 4.78 is 0. The molecule has 46 heavy (non-hydrogen) atoms. The zero-order valence-corrected chi connectivity index (χ0v) is 27.5. The monoisotopic (exact) mass is 632 g/mol. The number of carbonyl (C=O) groups excluding carboxylic acids is 3. The Morgan fingerprint density at radius 2 is 1.85 bits per heavy atom. The van der Waals surface area contributed by atoms with Crippen LogP contribution in [0.2, 0.25) is 0 Å². The number of amidine groups is 1. The van der Waals surface area contributed by atoms with Crippen molar-refractivity contribution in [3.05, 3.63) is 52.8 Å². The maximum absolute atomic E-state index is 11.4. The third-order valence-electron chi connectivity index (χ3n) is 9.03. The molecule has 4 rings (SSSR count). The van der Waals surface area contributed by atoms with Gasteiger partial charge in [-0.1, -0.05) is 6.07 Å². The summed E-state index contributed by atoms with van der Waals surface area (Å²) >= 11 is 0. The molecule has 1 unspecified atom stereocenters. The Kier molecular flexibility index (Phi) is 12.9. The first kappa shape index (κ1) is 34.8. The van der Waals surface area contributed by atoms with Gasteiger partial charge in [0.25, 0.3) is 0 Å². The number of hydroxylamine groups is 2. The Bertz CT molecular complexity index is 1410. The molecule has 2 aliphatic rings. The van der Waals surface area contributed by atoms with E-state index in [9.17, 15) is 19.6 Å². The predicted octanol–water partition coefficient (Wildman–Crippen LogP) is 2.98. The molecule has 0 amide bonds. The number of carbonyl (C=O) groups is 2. The van der Waals surface area contributed by atoms with Crippen LogP contribution in [0.5, 0.6) is 0 Å². The van der Waals surface area contributed by atoms with E-state index in [-0.39, 0.29) is 18.5 Å². The second-order valence-corrected chi connectivity index (χ2v) is 12.1. The molecule has 248 valence electrons. The summed E-state index contributed by atoms with van der Waals surface area (Å²) in [5, 5.41) is 17.7. The minimum absolute atomic E-state index is 0.161. The number of aliphatic imine (C=N–C) groups is 1. The normalized spacial score (nSPS) is 16.9. The lowest BCUT2D eigenvalue weighted by molar-refractivity contribution is -0.108. The number of likely N-dealkylation sites (N-methyl/N-ethyl adjacent to an activating group) is 1. The molecule has 3 N–H and O–H groups in total. The lowest BCUT2D eigenvalue weighted by Gasteiger charge is -2.40. The number of pyridine rings is 1. The fraction of sp³-hybridized carbons (Fsp3) is 0.529. The number of aryl methyl sites for hydroxylation is 1. The Labute approximate surface area is 272 Å². The number of aromatic nitrogens is 1. The van der Waals surface area contributed by atoms with Gasteiger partial charge in [-0.2, -0.15) is 0 Å². The van der Waals surface area contributed by atoms with Gasteiger partial charge in [-0.05, 0) is 75.9 Å². The maximum atomic E-state index is 11.4. The van der Waals surface area contributed by atoms with Gasteiger partial charge in [-0.25, -0.2) is 19.8 Å². The Morgan fingerprint density at radius 1 is 1.11 bits per heavy atom. The lowest BCUT2D eigenvalue weighted by atomic mass is 9.95. The summed E-state index contributed by atoms with van der Waals surface area (Å²) in [7, 11) is 3.45. The van der Waals surface area contributed by atoms with Crippen LogP contribution < -0.4 is 20.4 Å². The molecule has 0 saturated carbocycles. The zero-order chi connectivity index (χ0) is 33.1. The summed E-state index contributed by atoms with van der Waals surface area (Å²) in [6, 6.07) is 9.29. The number of rotatable bonds is 14. The van der Waals surface area contributed by atoms with Crippen LogP contribution in [-0.2, 0) is 16.1 Å². The van der Waals surface area contributed by atoms with Gasteiger partial charge in [0, 0.05) is 77.1 Å². The van der Waals surface area contributed by atoms with E-state index in [4.69, 9.17) is 9.98 Å². The highest BCUT2D eigenvalue weighted by atomic mass is 16.5. The number of hydrogen-bond donors (Lipinski definition) is 3. The number of benzene rings is 1. The summed E-state index contributed by atoms with van der Waals surface area (Å²) in [6.07, 6.45) is 4.32. The summed E-state index contributed by atoms with van der Waals surface area (Å²) in [4.78, 5) is 50.5. The molecule has 2 saturated heterocycles. The van der Waals surface area contributed by atoms with E-state index in [1.807, 2.05) is 44.2 Å². The zero-order valence-electron chi connectivity index (χ0n) is 27.5. The van der Waals surface area contributed by atoms with Gasteiger partial charge in [0.05, 0.1) is 11.4 Å². The molecule has 1 aromatic heterocycles. The Hall–Kier alpha value is -4.09. The molecule has 2 aliphatic heterocycles. The van der Waals surface area contributed by atoms with E-state index < -0.39 is 6.04 Å². The molecule has 2 fully saturated rings. The number of piperidine rings is 1. The van der Waals surface area contributed by atoms with Crippen molar-refractivity contribution in [2.24, 2.45) is 10.9 Å². The van der Waals surface area contributed by atoms with E-state index >= 15 is 0 Å². The average Bonchev–Trinajstić information content (AvgIpc) is 3.08. The molecular formula is C34H48N8O4. The van der Waals surface area contributed by atoms with Crippen molar-refractivity contribution in [1.82, 2.24) is 25.6 Å². The van der Waals surface area contributed by atoms with Gasteiger partial charge in [0.15, 0.2) is 6.29 Å². The molecule has 0 radical (unpaired) electrons. The van der Waals surface area contributed by atoms with Crippen molar-refractivity contribution in [1.29, 1.82) is 0 Å². The maximum Gasteiger partial charge on any atom is 0.151 e. The van der Waals surface area contributed by atoms with E-state index in [1.54, 1.807) is 14.0 Å². The van der Waals surface area contributed by atoms with Gasteiger partial charge in [-0.15, -0.1) is 0 Å². The number of piperazine rings is 1. The molecule has 1 atom stereocenters. The molecule has 2 aromatic rings. The van der Waals surface area contributed by atoms with E-state index in [2.05, 4.69) is 31.4 Å². The number of hydrogen-bond acceptors (Lipinski definition) is 11. The highest BCUT2D eigenvalue weighted by molar-refractivity contribution is 5.83. The first-order valence-corrected chi connectivity index (χ1v) is 16.1. The Balaban J connectivity index is 1.31. The van der Waals surface area contributed by atoms with Crippen LogP contribution in [0, 0.1) is 12.8 Å². The average molecular weight is 633 g/mol. The van der Waals surface area contributed by atoms with Crippen LogP contribution in [0.15, 0.2) is 41.0 Å². The van der Waals surface area contributed by atoms with E-state index in [0.717, 1.165) is 105 Å². The van der Waals surface area contributed by atoms with Gasteiger partial charge < -0.3 is 25.2 Å². The van der Waals surface area contributed by atoms with Gasteiger partial charge >= 0.3 is 0 Å². The second-order valence-electron chi connectivity index (χ2n) is 12.1. The largest absolute Gasteiger partial charge is 0.381 e. The predicted molar refractivity (Wildman–Crippen MR) is 181 cm³/mol. The van der Waals surface area contributed by atoms with Crippen molar-refractivity contribution in [3.8, 4) is 0 Å². The third kappa shape index (κ3) is 8.79. The highest BCUT2D eigenvalue weighted by Gasteiger charge is 2.26. The molecule has 12 heteroatoms. The third-order valence-corrected chi connectivity index (χ3v) is 9.03. The lowest BCUT2D eigenvalue weighted by Crippen LogP contribution is -2.49. The molecule has 12 nitrogen and oxygen atoms in total. The molecule has 0 bridgehead atoms. The molecule has 3 heterocycles. The molecule has 0 aliphatic carbocycles. The van der Waals surface area contributed by atoms with Gasteiger partial charge in [0.2, 0.25) is 0 Å². The van der Waals surface area contributed by atoms with Crippen LogP contribution in [0.1, 0.15) is 54.2 Å². The van der Waals surface area contributed by atoms with Crippen LogP contribution in [0.25, 0.3) is 0 Å². The highest BCUT2D eigenvalue weighted by Crippen LogP contribution is 2.29. The van der Waals surface area contributed by atoms with Crippen molar-refractivity contribution in [2.45, 2.75) is 52.1 Å². The second kappa shape index (κ2) is 17.0. The Morgan fingerprint density at radius 3 is 2.48 bits per heavy atom. The summed E-state index contributed by atoms with van der Waals surface area (Å²) in [6.45, 7) is 11.1. The topological polar surface area (TPSA) is 134 Å². The molecular weight excluding hydrogens is 584 g/mol. The molecule has 0 spiro atoms. The van der Waals surface area contributed by atoms with Crippen LogP contribution >= 0.6 is 0 Å². The fourth-order valence-corrected chi connectivity index (χ4v) is 6.26. The van der Waals surface area contributed by atoms with E-state index in [0.29, 0.717) is 23.9 Å². The van der Waals surface area contributed by atoms with Crippen molar-refractivity contribution < 1.29 is 19.6 Å². The van der Waals surface area contributed by atoms with Crippen LogP contribution in [0.3, 0.4) is 0 Å². The first-order chi connectivity index (χ1) is 22.3. The minimum Gasteiger partial charge on any atom is -0.381 e. The fourth-order valence-electron chi connectivity index (χ4n) is 6.26. The van der Waals surface area contributed by atoms with Gasteiger partial charge in [0.1, 0.15) is 35.6 Å². The quantitative estimate of drug-likeness (QED) is 0.0933. The standard InChI is InChI=1S/C34H48N8O4/c1-25-7-9-29(20-30(25)37-26(2)42(46)33(6-5-19-43)32(24-45)36-4)40-17-15-39(16-18-40)22-27-11-13-41(14-12-27)34-10-8-28(23-44)31(38-34)21-35-3/h7-10,19-20,23,27,33,35-36,46H,5-6,11-18,21-22H2,1-4H3. The van der Waals surface area contributed by atoms with Gasteiger partial charge in [-0.3, -0.25) is 14.9 Å². The van der Waals surface area contributed by atoms with Crippen molar-refractivity contribution >= 4 is 41.5 Å². The summed E-state index contributed by atoms with van der Waals surface area (Å²) in [5.41, 5.74) is 4.39. The first-order valence-electron chi connectivity index (χ1n) is 16.1. The number of nitrogens with one attached hydrogen (secondary N) is 2. The number of aldehydes is 2. The van der Waals surface area contributed by atoms with Crippen LogP contribution in [-0.4, -0.2) is 110 Å². The van der Waals surface area contributed by atoms with Crippen molar-refractivity contribution in [3.63, 3.8) is 0 Å². The smallest absolute Gasteiger partial charge is 0.151 e. The minimum atomic E-state index is -0.747.